The van der Waals surface area contributed by atoms with E-state index < -0.39 is 34.9 Å². The largest absolute Gasteiger partial charge is 0.477 e. The average molecular weight is 488 g/mol. The number of carbonyl (C=O) groups is 2. The van der Waals surface area contributed by atoms with Crippen molar-refractivity contribution in [1.29, 1.82) is 0 Å². The molecule has 0 radical (unpaired) electrons. The van der Waals surface area contributed by atoms with Crippen LogP contribution >= 0.6 is 23.2 Å². The maximum absolute atomic E-state index is 12.1. The maximum atomic E-state index is 12.1. The zero-order valence-corrected chi connectivity index (χ0v) is 17.4. The summed E-state index contributed by atoms with van der Waals surface area (Å²) in [5.74, 6) is -2.40. The summed E-state index contributed by atoms with van der Waals surface area (Å²) in [5.41, 5.74) is 2.57. The third-order valence-electron chi connectivity index (χ3n) is 3.98. The minimum Gasteiger partial charge on any atom is -0.477 e. The van der Waals surface area contributed by atoms with Crippen molar-refractivity contribution in [1.82, 2.24) is 9.55 Å². The van der Waals surface area contributed by atoms with Gasteiger partial charge in [-0.25, -0.2) is 4.79 Å². The van der Waals surface area contributed by atoms with E-state index >= 15 is 0 Å². The molecule has 1 aromatic carbocycles. The number of aromatic nitrogens is 2. The van der Waals surface area contributed by atoms with Gasteiger partial charge >= 0.3 is 12.1 Å². The van der Waals surface area contributed by atoms with Crippen LogP contribution in [0.5, 0.6) is 0 Å². The number of amides is 1. The molecule has 0 unspecified atom stereocenters. The third-order valence-corrected chi connectivity index (χ3v) is 4.69. The fourth-order valence-corrected chi connectivity index (χ4v) is 3.02. The molecule has 0 atom stereocenters. The number of carboxylic acids is 1. The first kappa shape index (κ1) is 24.9. The number of carboxylic acid groups (broad SMARTS) is 1. The van der Waals surface area contributed by atoms with Crippen molar-refractivity contribution in [3.8, 4) is 0 Å². The number of pyridine rings is 2. The minimum atomic E-state index is -4.65. The second-order valence-electron chi connectivity index (χ2n) is 6.12. The van der Waals surface area contributed by atoms with E-state index in [1.54, 1.807) is 18.2 Å². The molecule has 3 aromatic rings. The molecule has 0 aliphatic heterocycles. The van der Waals surface area contributed by atoms with E-state index in [2.05, 4.69) is 4.98 Å². The van der Waals surface area contributed by atoms with Gasteiger partial charge in [-0.1, -0.05) is 29.3 Å². The molecule has 0 saturated carbocycles. The Morgan fingerprint density at radius 3 is 2.12 bits per heavy atom. The molecule has 0 aliphatic carbocycles. The summed E-state index contributed by atoms with van der Waals surface area (Å²) in [7, 11) is 0. The Morgan fingerprint density at radius 1 is 1.03 bits per heavy atom. The van der Waals surface area contributed by atoms with Crippen molar-refractivity contribution in [2.75, 3.05) is 0 Å². The fourth-order valence-electron chi connectivity index (χ4n) is 2.51. The summed E-state index contributed by atoms with van der Waals surface area (Å²) < 4.78 is 37.7. The molecule has 2 heterocycles. The van der Waals surface area contributed by atoms with E-state index in [0.29, 0.717) is 15.6 Å². The summed E-state index contributed by atoms with van der Waals surface area (Å²) in [4.78, 5) is 36.4. The minimum absolute atomic E-state index is 0.123. The lowest BCUT2D eigenvalue weighted by atomic mass is 10.2. The molecule has 12 heteroatoms. The van der Waals surface area contributed by atoms with Gasteiger partial charge in [-0.15, -0.1) is 0 Å². The van der Waals surface area contributed by atoms with Gasteiger partial charge in [0.15, 0.2) is 5.69 Å². The van der Waals surface area contributed by atoms with Crippen LogP contribution in [0, 0.1) is 0 Å². The molecule has 3 rings (SSSR count). The van der Waals surface area contributed by atoms with Crippen molar-refractivity contribution in [2.24, 2.45) is 5.73 Å². The molecular formula is C20H14Cl2F3N3O4. The van der Waals surface area contributed by atoms with Crippen LogP contribution in [0.4, 0.5) is 13.2 Å². The van der Waals surface area contributed by atoms with E-state index in [0.717, 1.165) is 12.3 Å². The highest BCUT2D eigenvalue weighted by molar-refractivity contribution is 6.35. The standard InChI is InChI=1S/C13H9Cl2NO3.C7H5F3N2O/c14-10-4-1-5-11(15)9(10)7-16-6-2-3-8(12(16)17)13(18)19;8-7(9,10)5-4(6(11)13)2-1-3-12-5/h1-6H,7H2,(H,18,19);1-3H,(H2,11,13). The molecule has 1 amide bonds. The molecule has 7 nitrogen and oxygen atoms in total. The Bertz CT molecular complexity index is 1190. The normalized spacial score (nSPS) is 10.8. The van der Waals surface area contributed by atoms with Gasteiger partial charge in [0.05, 0.1) is 12.1 Å². The number of hydrogen-bond donors (Lipinski definition) is 2. The van der Waals surface area contributed by atoms with Crippen molar-refractivity contribution < 1.29 is 27.9 Å². The summed E-state index contributed by atoms with van der Waals surface area (Å²) in [5, 5.41) is 9.76. The van der Waals surface area contributed by atoms with Gasteiger partial charge < -0.3 is 15.4 Å². The lowest BCUT2D eigenvalue weighted by molar-refractivity contribution is -0.141. The summed E-state index contributed by atoms with van der Waals surface area (Å²) in [6, 6.07) is 9.98. The highest BCUT2D eigenvalue weighted by Gasteiger charge is 2.36. The summed E-state index contributed by atoms with van der Waals surface area (Å²) in [6.07, 6.45) is -2.20. The highest BCUT2D eigenvalue weighted by Crippen LogP contribution is 2.29. The van der Waals surface area contributed by atoms with Gasteiger partial charge in [-0.3, -0.25) is 14.6 Å². The molecule has 3 N–H and O–H groups in total. The highest BCUT2D eigenvalue weighted by atomic mass is 35.5. The van der Waals surface area contributed by atoms with Crippen LogP contribution in [-0.4, -0.2) is 26.5 Å². The molecule has 0 fully saturated rings. The molecular weight excluding hydrogens is 474 g/mol. The third kappa shape index (κ3) is 6.08. The monoisotopic (exact) mass is 487 g/mol. The van der Waals surface area contributed by atoms with E-state index in [1.807, 2.05) is 0 Å². The number of rotatable bonds is 4. The van der Waals surface area contributed by atoms with Crippen molar-refractivity contribution >= 4 is 35.1 Å². The Balaban J connectivity index is 0.000000244. The van der Waals surface area contributed by atoms with Crippen LogP contribution in [0.25, 0.3) is 0 Å². The van der Waals surface area contributed by atoms with Crippen molar-refractivity contribution in [3.05, 3.63) is 97.6 Å². The van der Waals surface area contributed by atoms with E-state index in [1.165, 1.54) is 29.0 Å². The van der Waals surface area contributed by atoms with Gasteiger partial charge in [-0.2, -0.15) is 13.2 Å². The number of halogens is 5. The van der Waals surface area contributed by atoms with Gasteiger partial charge in [-0.05, 0) is 36.4 Å². The predicted octanol–water partition coefficient (Wildman–Crippen LogP) is 4.10. The number of aromatic carboxylic acids is 1. The lowest BCUT2D eigenvalue weighted by Crippen LogP contribution is -2.26. The first-order valence-electron chi connectivity index (χ1n) is 8.61. The number of alkyl halides is 3. The maximum Gasteiger partial charge on any atom is 0.434 e. The number of benzene rings is 1. The molecule has 0 aliphatic rings. The smallest absolute Gasteiger partial charge is 0.434 e. The van der Waals surface area contributed by atoms with Crippen LogP contribution in [-0.2, 0) is 12.7 Å². The lowest BCUT2D eigenvalue weighted by Gasteiger charge is -2.09. The Morgan fingerprint density at radius 2 is 1.62 bits per heavy atom. The molecule has 0 bridgehead atoms. The summed E-state index contributed by atoms with van der Waals surface area (Å²) in [6.45, 7) is 0.123. The van der Waals surface area contributed by atoms with Crippen LogP contribution in [0.15, 0.2) is 59.7 Å². The zero-order chi connectivity index (χ0) is 24.1. The van der Waals surface area contributed by atoms with Gasteiger partial charge in [0.2, 0.25) is 0 Å². The topological polar surface area (TPSA) is 115 Å². The average Bonchev–Trinajstić information content (AvgIpc) is 2.71. The summed E-state index contributed by atoms with van der Waals surface area (Å²) >= 11 is 12.0. The van der Waals surface area contributed by atoms with Gasteiger partial charge in [0, 0.05) is 28.0 Å². The Labute approximate surface area is 188 Å². The number of hydrogen-bond acceptors (Lipinski definition) is 4. The molecule has 0 spiro atoms. The number of nitrogens with zero attached hydrogens (tertiary/aromatic N) is 2. The first-order valence-corrected chi connectivity index (χ1v) is 9.36. The SMILES string of the molecule is NC(=O)c1cccnc1C(F)(F)F.O=C(O)c1cccn(Cc2c(Cl)cccc2Cl)c1=O. The number of carbonyl (C=O) groups excluding carboxylic acids is 1. The van der Waals surface area contributed by atoms with Crippen LogP contribution in [0.1, 0.15) is 32.0 Å². The molecule has 0 saturated heterocycles. The van der Waals surface area contributed by atoms with Gasteiger partial charge in [0.1, 0.15) is 5.56 Å². The Hall–Kier alpha value is -3.37. The van der Waals surface area contributed by atoms with E-state index in [9.17, 15) is 27.6 Å². The second-order valence-corrected chi connectivity index (χ2v) is 6.94. The molecule has 2 aromatic heterocycles. The van der Waals surface area contributed by atoms with Crippen molar-refractivity contribution in [3.63, 3.8) is 0 Å². The van der Waals surface area contributed by atoms with Crippen LogP contribution < -0.4 is 11.3 Å². The molecule has 168 valence electrons. The second kappa shape index (κ2) is 10.3. The van der Waals surface area contributed by atoms with Gasteiger partial charge in [0.25, 0.3) is 11.5 Å². The van der Waals surface area contributed by atoms with E-state index in [4.69, 9.17) is 34.0 Å². The fraction of sp³-hybridized carbons (Fsp3) is 0.100. The predicted molar refractivity (Wildman–Crippen MR) is 111 cm³/mol. The quantitative estimate of drug-likeness (QED) is 0.574. The first-order chi connectivity index (χ1) is 14.9. The van der Waals surface area contributed by atoms with Crippen LogP contribution in [0.3, 0.4) is 0 Å². The van der Waals surface area contributed by atoms with Crippen LogP contribution in [0.2, 0.25) is 10.0 Å². The van der Waals surface area contributed by atoms with E-state index in [-0.39, 0.29) is 12.1 Å². The van der Waals surface area contributed by atoms with Crippen molar-refractivity contribution in [2.45, 2.75) is 12.7 Å². The Kier molecular flexibility index (Phi) is 8.01. The number of primary amides is 1. The molecule has 32 heavy (non-hydrogen) atoms. The number of nitrogens with two attached hydrogens (primary N) is 1. The zero-order valence-electron chi connectivity index (χ0n) is 15.9.